The van der Waals surface area contributed by atoms with Gasteiger partial charge in [0.05, 0.1) is 0 Å². The predicted molar refractivity (Wildman–Crippen MR) is 84.2 cm³/mol. The fraction of sp³-hybridized carbons (Fsp3) is 0.647. The second-order valence-corrected chi connectivity index (χ2v) is 7.19. The lowest BCUT2D eigenvalue weighted by molar-refractivity contribution is -0.304. The summed E-state index contributed by atoms with van der Waals surface area (Å²) < 4.78 is 0. The minimum absolute atomic E-state index is 0.0345. The number of rotatable bonds is 3. The molecular weight excluding hydrogens is 248 g/mol. The van der Waals surface area contributed by atoms with E-state index in [0.29, 0.717) is 0 Å². The molecule has 20 heavy (non-hydrogen) atoms. The van der Waals surface area contributed by atoms with Gasteiger partial charge in [-0.15, -0.1) is 0 Å². The van der Waals surface area contributed by atoms with Gasteiger partial charge < -0.3 is 5.73 Å². The van der Waals surface area contributed by atoms with Crippen LogP contribution < -0.4 is 5.73 Å². The van der Waals surface area contributed by atoms with Gasteiger partial charge in [0, 0.05) is 16.8 Å². The van der Waals surface area contributed by atoms with Crippen LogP contribution in [-0.2, 0) is 4.84 Å². The van der Waals surface area contributed by atoms with Crippen molar-refractivity contribution >= 4 is 5.69 Å². The molecule has 2 rings (SSSR count). The smallest absolute Gasteiger partial charge is 0.102 e. The van der Waals surface area contributed by atoms with Gasteiger partial charge in [-0.05, 0) is 71.6 Å². The highest BCUT2D eigenvalue weighted by Gasteiger charge is 2.43. The molecule has 1 saturated heterocycles. The number of nitrogens with two attached hydrogens (primary N) is 1. The highest BCUT2D eigenvalue weighted by molar-refractivity contribution is 5.39. The molecule has 1 aliphatic heterocycles. The van der Waals surface area contributed by atoms with E-state index < -0.39 is 0 Å². The van der Waals surface area contributed by atoms with Gasteiger partial charge in [-0.2, -0.15) is 5.06 Å². The number of hydrogen-bond acceptors (Lipinski definition) is 3. The molecule has 1 unspecified atom stereocenters. The molecule has 0 aromatic heterocycles. The third kappa shape index (κ3) is 3.15. The van der Waals surface area contributed by atoms with Gasteiger partial charge in [0.25, 0.3) is 0 Å². The molecule has 1 aromatic rings. The first kappa shape index (κ1) is 15.3. The van der Waals surface area contributed by atoms with Gasteiger partial charge in [0.15, 0.2) is 0 Å². The lowest BCUT2D eigenvalue weighted by atomic mass is 9.82. The van der Waals surface area contributed by atoms with Crippen molar-refractivity contribution in [3.05, 3.63) is 29.8 Å². The van der Waals surface area contributed by atoms with Crippen LogP contribution in [0.25, 0.3) is 0 Å². The Hall–Kier alpha value is -1.06. The Bertz CT molecular complexity index is 435. The summed E-state index contributed by atoms with van der Waals surface area (Å²) in [4.78, 5) is 6.34. The van der Waals surface area contributed by atoms with Crippen LogP contribution in [0, 0.1) is 0 Å². The van der Waals surface area contributed by atoms with E-state index in [1.807, 2.05) is 24.3 Å². The number of hydroxylamine groups is 2. The Morgan fingerprint density at radius 2 is 1.55 bits per heavy atom. The lowest BCUT2D eigenvalue weighted by Gasteiger charge is -2.52. The van der Waals surface area contributed by atoms with Gasteiger partial charge in [-0.25, -0.2) is 0 Å². The SMILES string of the molecule is CC(ON1C(C)(C)CCCC1(C)C)c1ccc(N)cc1. The van der Waals surface area contributed by atoms with Gasteiger partial charge >= 0.3 is 0 Å². The molecule has 1 aliphatic rings. The summed E-state index contributed by atoms with van der Waals surface area (Å²) in [7, 11) is 0. The Balaban J connectivity index is 2.16. The Kier molecular flexibility index (Phi) is 4.12. The Labute approximate surface area is 123 Å². The number of anilines is 1. The number of nitrogens with zero attached hydrogens (tertiary/aromatic N) is 1. The van der Waals surface area contributed by atoms with Crippen LogP contribution in [0.4, 0.5) is 5.69 Å². The molecule has 1 aromatic carbocycles. The van der Waals surface area contributed by atoms with Crippen molar-refractivity contribution < 1.29 is 4.84 Å². The van der Waals surface area contributed by atoms with Crippen molar-refractivity contribution in [3.8, 4) is 0 Å². The number of benzene rings is 1. The highest BCUT2D eigenvalue weighted by Crippen LogP contribution is 2.40. The van der Waals surface area contributed by atoms with E-state index in [4.69, 9.17) is 10.6 Å². The quantitative estimate of drug-likeness (QED) is 0.836. The van der Waals surface area contributed by atoms with Crippen molar-refractivity contribution in [2.45, 2.75) is 71.1 Å². The van der Waals surface area contributed by atoms with E-state index in [-0.39, 0.29) is 17.2 Å². The average Bonchev–Trinajstić information content (AvgIpc) is 2.34. The first-order valence-corrected chi connectivity index (χ1v) is 7.55. The summed E-state index contributed by atoms with van der Waals surface area (Å²) in [6, 6.07) is 7.96. The summed E-state index contributed by atoms with van der Waals surface area (Å²) in [5, 5.41) is 2.21. The summed E-state index contributed by atoms with van der Waals surface area (Å²) >= 11 is 0. The first-order valence-electron chi connectivity index (χ1n) is 7.55. The zero-order valence-corrected chi connectivity index (χ0v) is 13.4. The molecule has 112 valence electrons. The maximum atomic E-state index is 6.34. The maximum Gasteiger partial charge on any atom is 0.102 e. The molecule has 0 bridgehead atoms. The van der Waals surface area contributed by atoms with Crippen LogP contribution in [0.2, 0.25) is 0 Å². The molecule has 3 nitrogen and oxygen atoms in total. The second-order valence-electron chi connectivity index (χ2n) is 7.19. The predicted octanol–water partition coefficient (Wildman–Crippen LogP) is 4.30. The maximum absolute atomic E-state index is 6.34. The average molecular weight is 276 g/mol. The molecule has 0 aliphatic carbocycles. The molecule has 0 saturated carbocycles. The number of nitrogen functional groups attached to an aromatic ring is 1. The zero-order valence-electron chi connectivity index (χ0n) is 13.4. The topological polar surface area (TPSA) is 38.5 Å². The van der Waals surface area contributed by atoms with E-state index in [1.54, 1.807) is 0 Å². The fourth-order valence-corrected chi connectivity index (χ4v) is 3.25. The van der Waals surface area contributed by atoms with Crippen LogP contribution in [0.5, 0.6) is 0 Å². The Morgan fingerprint density at radius 1 is 1.05 bits per heavy atom. The minimum Gasteiger partial charge on any atom is -0.399 e. The molecule has 2 N–H and O–H groups in total. The molecule has 0 radical (unpaired) electrons. The normalized spacial score (nSPS) is 23.4. The highest BCUT2D eigenvalue weighted by atomic mass is 16.7. The van der Waals surface area contributed by atoms with Crippen molar-refractivity contribution in [3.63, 3.8) is 0 Å². The number of piperidine rings is 1. The van der Waals surface area contributed by atoms with E-state index in [9.17, 15) is 0 Å². The standard InChI is InChI=1S/C17H28N2O/c1-13(14-7-9-15(18)10-8-14)20-19-16(2,3)11-6-12-17(19,4)5/h7-10,13H,6,11-12,18H2,1-5H3. The summed E-state index contributed by atoms with van der Waals surface area (Å²) in [5.41, 5.74) is 7.85. The monoisotopic (exact) mass is 276 g/mol. The molecule has 0 spiro atoms. The van der Waals surface area contributed by atoms with Crippen LogP contribution in [-0.4, -0.2) is 16.1 Å². The molecule has 1 atom stereocenters. The van der Waals surface area contributed by atoms with E-state index in [2.05, 4.69) is 39.7 Å². The van der Waals surface area contributed by atoms with Crippen molar-refractivity contribution in [2.75, 3.05) is 5.73 Å². The van der Waals surface area contributed by atoms with Crippen LogP contribution in [0.3, 0.4) is 0 Å². The minimum atomic E-state index is 0.0345. The van der Waals surface area contributed by atoms with Crippen LogP contribution in [0.1, 0.15) is 65.5 Å². The molecule has 0 amide bonds. The second kappa shape index (κ2) is 5.38. The van der Waals surface area contributed by atoms with Gasteiger partial charge in [-0.3, -0.25) is 4.84 Å². The number of hydrogen-bond donors (Lipinski definition) is 1. The van der Waals surface area contributed by atoms with Gasteiger partial charge in [-0.1, -0.05) is 12.1 Å². The zero-order chi connectivity index (χ0) is 15.0. The Morgan fingerprint density at radius 3 is 2.05 bits per heavy atom. The van der Waals surface area contributed by atoms with Crippen LogP contribution in [0.15, 0.2) is 24.3 Å². The summed E-state index contributed by atoms with van der Waals surface area (Å²) in [5.74, 6) is 0. The summed E-state index contributed by atoms with van der Waals surface area (Å²) in [6.45, 7) is 11.2. The fourth-order valence-electron chi connectivity index (χ4n) is 3.25. The van der Waals surface area contributed by atoms with E-state index in [1.165, 1.54) is 19.3 Å². The van der Waals surface area contributed by atoms with Crippen molar-refractivity contribution in [1.82, 2.24) is 5.06 Å². The van der Waals surface area contributed by atoms with Crippen LogP contribution >= 0.6 is 0 Å². The molecule has 1 heterocycles. The van der Waals surface area contributed by atoms with Crippen molar-refractivity contribution in [2.24, 2.45) is 0 Å². The molecular formula is C17H28N2O. The first-order chi connectivity index (χ1) is 9.22. The third-order valence-corrected chi connectivity index (χ3v) is 4.35. The van der Waals surface area contributed by atoms with Crippen molar-refractivity contribution in [1.29, 1.82) is 0 Å². The largest absolute Gasteiger partial charge is 0.399 e. The molecule has 1 fully saturated rings. The summed E-state index contributed by atoms with van der Waals surface area (Å²) in [6.07, 6.45) is 3.64. The third-order valence-electron chi connectivity index (χ3n) is 4.35. The van der Waals surface area contributed by atoms with Gasteiger partial charge in [0.1, 0.15) is 6.10 Å². The van der Waals surface area contributed by atoms with Gasteiger partial charge in [0.2, 0.25) is 0 Å². The lowest BCUT2D eigenvalue weighted by Crippen LogP contribution is -2.58. The van der Waals surface area contributed by atoms with E-state index in [0.717, 1.165) is 11.3 Å². The molecule has 3 heteroatoms. The van der Waals surface area contributed by atoms with E-state index >= 15 is 0 Å².